The van der Waals surface area contributed by atoms with Crippen molar-refractivity contribution in [2.75, 3.05) is 0 Å². The van der Waals surface area contributed by atoms with Gasteiger partial charge >= 0.3 is 16.1 Å². The van der Waals surface area contributed by atoms with E-state index >= 15 is 0 Å². The Morgan fingerprint density at radius 1 is 1.14 bits per heavy atom. The lowest BCUT2D eigenvalue weighted by Crippen LogP contribution is -2.18. The zero-order valence-electron chi connectivity index (χ0n) is 11.9. The monoisotopic (exact) mass is 318 g/mol. The molecule has 0 aromatic heterocycles. The number of esters is 1. The summed E-state index contributed by atoms with van der Waals surface area (Å²) in [5.41, 5.74) is 0.865. The van der Waals surface area contributed by atoms with Crippen molar-refractivity contribution in [3.8, 4) is 11.5 Å². The standard InChI is InChI=1S/C16H14O5S/c1-11-9-16(17)20-15-10-12(7-8-14(11)15)21-22(18,19)13-5-3-2-4-6-13/h2-8,10-11H,9H2,1H3. The van der Waals surface area contributed by atoms with Gasteiger partial charge in [0, 0.05) is 6.07 Å². The number of hydrogen-bond donors (Lipinski definition) is 0. The molecule has 0 saturated heterocycles. The third-order valence-electron chi connectivity index (χ3n) is 3.45. The Bertz CT molecular complexity index is 812. The lowest BCUT2D eigenvalue weighted by molar-refractivity contribution is -0.135. The number of hydrogen-bond acceptors (Lipinski definition) is 5. The SMILES string of the molecule is CC1CC(=O)Oc2cc(OS(=O)(=O)c3ccccc3)ccc21. The van der Waals surface area contributed by atoms with E-state index in [-0.39, 0.29) is 22.5 Å². The van der Waals surface area contributed by atoms with Gasteiger partial charge < -0.3 is 8.92 Å². The predicted octanol–water partition coefficient (Wildman–Crippen LogP) is 2.87. The average molecular weight is 318 g/mol. The van der Waals surface area contributed by atoms with Crippen LogP contribution < -0.4 is 8.92 Å². The van der Waals surface area contributed by atoms with Gasteiger partial charge in [0.15, 0.2) is 0 Å². The molecule has 0 N–H and O–H groups in total. The maximum Gasteiger partial charge on any atom is 0.339 e. The van der Waals surface area contributed by atoms with Crippen LogP contribution in [0.2, 0.25) is 0 Å². The highest BCUT2D eigenvalue weighted by Crippen LogP contribution is 2.36. The van der Waals surface area contributed by atoms with E-state index in [4.69, 9.17) is 8.92 Å². The van der Waals surface area contributed by atoms with Gasteiger partial charge in [-0.1, -0.05) is 31.2 Å². The van der Waals surface area contributed by atoms with Gasteiger partial charge in [0.1, 0.15) is 16.4 Å². The largest absolute Gasteiger partial charge is 0.426 e. The zero-order chi connectivity index (χ0) is 15.7. The third kappa shape index (κ3) is 2.82. The molecule has 6 heteroatoms. The number of carbonyl (C=O) groups excluding carboxylic acids is 1. The molecule has 0 amide bonds. The van der Waals surface area contributed by atoms with E-state index < -0.39 is 10.1 Å². The number of fused-ring (bicyclic) bond motifs is 1. The summed E-state index contributed by atoms with van der Waals surface area (Å²) in [6, 6.07) is 12.6. The molecule has 1 aliphatic rings. The van der Waals surface area contributed by atoms with E-state index in [0.29, 0.717) is 12.2 Å². The highest BCUT2D eigenvalue weighted by molar-refractivity contribution is 7.87. The molecule has 2 aromatic carbocycles. The van der Waals surface area contributed by atoms with Crippen LogP contribution in [0.4, 0.5) is 0 Å². The number of carbonyl (C=O) groups is 1. The van der Waals surface area contributed by atoms with E-state index in [9.17, 15) is 13.2 Å². The third-order valence-corrected chi connectivity index (χ3v) is 4.71. The van der Waals surface area contributed by atoms with Crippen LogP contribution in [0.3, 0.4) is 0 Å². The first-order valence-corrected chi connectivity index (χ1v) is 8.21. The van der Waals surface area contributed by atoms with Crippen LogP contribution in [0.15, 0.2) is 53.4 Å². The second-order valence-electron chi connectivity index (χ2n) is 5.13. The lowest BCUT2D eigenvalue weighted by atomic mass is 9.95. The molecule has 0 saturated carbocycles. The van der Waals surface area contributed by atoms with Gasteiger partial charge in [-0.15, -0.1) is 0 Å². The summed E-state index contributed by atoms with van der Waals surface area (Å²) in [5.74, 6) is 0.174. The molecule has 2 aromatic rings. The molecule has 0 radical (unpaired) electrons. The van der Waals surface area contributed by atoms with E-state index in [0.717, 1.165) is 5.56 Å². The van der Waals surface area contributed by atoms with Gasteiger partial charge in [0.05, 0.1) is 6.42 Å². The topological polar surface area (TPSA) is 69.7 Å². The predicted molar refractivity (Wildman–Crippen MR) is 79.4 cm³/mol. The van der Waals surface area contributed by atoms with Crippen molar-refractivity contribution in [1.29, 1.82) is 0 Å². The second-order valence-corrected chi connectivity index (χ2v) is 6.68. The summed E-state index contributed by atoms with van der Waals surface area (Å²) in [6.45, 7) is 1.92. The molecule has 1 unspecified atom stereocenters. The van der Waals surface area contributed by atoms with Crippen molar-refractivity contribution in [3.63, 3.8) is 0 Å². The lowest BCUT2D eigenvalue weighted by Gasteiger charge is -2.21. The van der Waals surface area contributed by atoms with Crippen molar-refractivity contribution in [3.05, 3.63) is 54.1 Å². The molecular weight excluding hydrogens is 304 g/mol. The van der Waals surface area contributed by atoms with Gasteiger partial charge in [-0.05, 0) is 29.7 Å². The van der Waals surface area contributed by atoms with Gasteiger partial charge in [-0.2, -0.15) is 8.42 Å². The molecule has 0 spiro atoms. The smallest absolute Gasteiger partial charge is 0.339 e. The van der Waals surface area contributed by atoms with Crippen molar-refractivity contribution in [2.24, 2.45) is 0 Å². The van der Waals surface area contributed by atoms with Crippen LogP contribution in [0, 0.1) is 0 Å². The minimum atomic E-state index is -3.91. The molecule has 114 valence electrons. The number of benzene rings is 2. The van der Waals surface area contributed by atoms with Crippen molar-refractivity contribution < 1.29 is 22.1 Å². The van der Waals surface area contributed by atoms with Crippen molar-refractivity contribution in [2.45, 2.75) is 24.2 Å². The van der Waals surface area contributed by atoms with Crippen LogP contribution >= 0.6 is 0 Å². The van der Waals surface area contributed by atoms with Crippen molar-refractivity contribution >= 4 is 16.1 Å². The van der Waals surface area contributed by atoms with Gasteiger partial charge in [-0.3, -0.25) is 4.79 Å². The summed E-state index contributed by atoms with van der Waals surface area (Å²) < 4.78 is 34.6. The molecular formula is C16H14O5S. The Morgan fingerprint density at radius 2 is 1.86 bits per heavy atom. The Morgan fingerprint density at radius 3 is 2.59 bits per heavy atom. The summed E-state index contributed by atoms with van der Waals surface area (Å²) in [6.07, 6.45) is 0.315. The van der Waals surface area contributed by atoms with Gasteiger partial charge in [-0.25, -0.2) is 0 Å². The van der Waals surface area contributed by atoms with Crippen LogP contribution in [-0.4, -0.2) is 14.4 Å². The summed E-state index contributed by atoms with van der Waals surface area (Å²) in [5, 5.41) is 0. The normalized spacial score (nSPS) is 17.5. The Kier molecular flexibility index (Phi) is 3.62. The summed E-state index contributed by atoms with van der Waals surface area (Å²) in [4.78, 5) is 11.5. The van der Waals surface area contributed by atoms with Crippen LogP contribution in [0.5, 0.6) is 11.5 Å². The zero-order valence-corrected chi connectivity index (χ0v) is 12.7. The molecule has 0 fully saturated rings. The average Bonchev–Trinajstić information content (AvgIpc) is 2.47. The van der Waals surface area contributed by atoms with Crippen LogP contribution in [-0.2, 0) is 14.9 Å². The Balaban J connectivity index is 1.91. The minimum Gasteiger partial charge on any atom is -0.426 e. The molecule has 22 heavy (non-hydrogen) atoms. The maximum absolute atomic E-state index is 12.2. The van der Waals surface area contributed by atoms with Crippen molar-refractivity contribution in [1.82, 2.24) is 0 Å². The first-order chi connectivity index (χ1) is 10.5. The fourth-order valence-electron chi connectivity index (χ4n) is 2.35. The van der Waals surface area contributed by atoms with E-state index in [1.807, 2.05) is 6.92 Å². The molecule has 1 aliphatic heterocycles. The molecule has 1 atom stereocenters. The number of rotatable bonds is 3. The highest BCUT2D eigenvalue weighted by atomic mass is 32.2. The molecule has 0 bridgehead atoms. The molecule has 5 nitrogen and oxygen atoms in total. The fraction of sp³-hybridized carbons (Fsp3) is 0.188. The minimum absolute atomic E-state index is 0.0380. The Hall–Kier alpha value is -2.34. The van der Waals surface area contributed by atoms with Gasteiger partial charge in [0.2, 0.25) is 0 Å². The molecule has 1 heterocycles. The second kappa shape index (κ2) is 5.46. The first-order valence-electron chi connectivity index (χ1n) is 6.80. The summed E-state index contributed by atoms with van der Waals surface area (Å²) >= 11 is 0. The molecule has 3 rings (SSSR count). The van der Waals surface area contributed by atoms with Crippen LogP contribution in [0.1, 0.15) is 24.8 Å². The molecule has 0 aliphatic carbocycles. The fourth-order valence-corrected chi connectivity index (χ4v) is 3.29. The highest BCUT2D eigenvalue weighted by Gasteiger charge is 2.25. The summed E-state index contributed by atoms with van der Waals surface area (Å²) in [7, 11) is -3.91. The quantitative estimate of drug-likeness (QED) is 0.494. The Labute approximate surface area is 128 Å². The maximum atomic E-state index is 12.2. The van der Waals surface area contributed by atoms with E-state index in [2.05, 4.69) is 0 Å². The van der Waals surface area contributed by atoms with E-state index in [1.54, 1.807) is 30.3 Å². The first kappa shape index (κ1) is 14.6. The number of ether oxygens (including phenoxy) is 1. The van der Waals surface area contributed by atoms with Gasteiger partial charge in [0.25, 0.3) is 0 Å². The van der Waals surface area contributed by atoms with E-state index in [1.165, 1.54) is 18.2 Å². The van der Waals surface area contributed by atoms with Crippen LogP contribution in [0.25, 0.3) is 0 Å².